The zero-order valence-corrected chi connectivity index (χ0v) is 13.5. The van der Waals surface area contributed by atoms with E-state index in [1.165, 1.54) is 12.8 Å². The smallest absolute Gasteiger partial charge is 0.222 e. The average Bonchev–Trinajstić information content (AvgIpc) is 3.33. The molecule has 0 N–H and O–H groups in total. The van der Waals surface area contributed by atoms with Crippen LogP contribution in [-0.4, -0.2) is 41.0 Å². The SMILES string of the molecule is COCc1cnc(C)nc1C1CCN(C(=O)CC2CC2)CC1. The van der Waals surface area contributed by atoms with Gasteiger partial charge in [-0.1, -0.05) is 0 Å². The highest BCUT2D eigenvalue weighted by atomic mass is 16.5. The van der Waals surface area contributed by atoms with Crippen LogP contribution in [0.25, 0.3) is 0 Å². The highest BCUT2D eigenvalue weighted by molar-refractivity contribution is 5.76. The molecule has 0 unspecified atom stereocenters. The summed E-state index contributed by atoms with van der Waals surface area (Å²) in [6.07, 6.45) is 7.09. The van der Waals surface area contributed by atoms with E-state index < -0.39 is 0 Å². The lowest BCUT2D eigenvalue weighted by atomic mass is 9.90. The molecule has 1 aromatic heterocycles. The number of amides is 1. The molecule has 3 rings (SSSR count). The third kappa shape index (κ3) is 3.64. The molecule has 2 fully saturated rings. The van der Waals surface area contributed by atoms with Crippen LogP contribution in [0, 0.1) is 12.8 Å². The fourth-order valence-electron chi connectivity index (χ4n) is 3.23. The Morgan fingerprint density at radius 3 is 2.68 bits per heavy atom. The summed E-state index contributed by atoms with van der Waals surface area (Å²) in [6, 6.07) is 0. The number of methoxy groups -OCH3 is 1. The predicted molar refractivity (Wildman–Crippen MR) is 83.4 cm³/mol. The van der Waals surface area contributed by atoms with E-state index in [4.69, 9.17) is 4.74 Å². The van der Waals surface area contributed by atoms with Crippen LogP contribution in [0.5, 0.6) is 0 Å². The molecule has 2 aliphatic rings. The van der Waals surface area contributed by atoms with E-state index in [1.54, 1.807) is 7.11 Å². The lowest BCUT2D eigenvalue weighted by Gasteiger charge is -2.32. The summed E-state index contributed by atoms with van der Waals surface area (Å²) in [7, 11) is 1.70. The zero-order valence-electron chi connectivity index (χ0n) is 13.5. The summed E-state index contributed by atoms with van der Waals surface area (Å²) in [5, 5.41) is 0. The molecule has 5 nitrogen and oxygen atoms in total. The van der Waals surface area contributed by atoms with Gasteiger partial charge in [0, 0.05) is 44.3 Å². The van der Waals surface area contributed by atoms with Crippen molar-refractivity contribution in [3.8, 4) is 0 Å². The third-order valence-electron chi connectivity index (χ3n) is 4.71. The molecule has 5 heteroatoms. The maximum absolute atomic E-state index is 12.2. The minimum absolute atomic E-state index is 0.344. The molecule has 0 spiro atoms. The summed E-state index contributed by atoms with van der Waals surface area (Å²) in [4.78, 5) is 23.2. The van der Waals surface area contributed by atoms with Gasteiger partial charge in [0.1, 0.15) is 5.82 Å². The Labute approximate surface area is 132 Å². The zero-order chi connectivity index (χ0) is 15.5. The van der Waals surface area contributed by atoms with Crippen LogP contribution in [0.2, 0.25) is 0 Å². The maximum atomic E-state index is 12.2. The Balaban J connectivity index is 1.63. The molecule has 1 saturated heterocycles. The van der Waals surface area contributed by atoms with E-state index in [-0.39, 0.29) is 0 Å². The van der Waals surface area contributed by atoms with E-state index >= 15 is 0 Å². The maximum Gasteiger partial charge on any atom is 0.222 e. The van der Waals surface area contributed by atoms with Gasteiger partial charge >= 0.3 is 0 Å². The third-order valence-corrected chi connectivity index (χ3v) is 4.71. The van der Waals surface area contributed by atoms with Crippen LogP contribution in [-0.2, 0) is 16.1 Å². The van der Waals surface area contributed by atoms with Gasteiger partial charge in [0.05, 0.1) is 12.3 Å². The van der Waals surface area contributed by atoms with Crippen molar-refractivity contribution >= 4 is 5.91 Å². The van der Waals surface area contributed by atoms with Gasteiger partial charge in [-0.25, -0.2) is 9.97 Å². The van der Waals surface area contributed by atoms with E-state index in [1.807, 2.05) is 18.0 Å². The van der Waals surface area contributed by atoms with Gasteiger partial charge < -0.3 is 9.64 Å². The molecule has 0 bridgehead atoms. The molecular weight excluding hydrogens is 278 g/mol. The Hall–Kier alpha value is -1.49. The summed E-state index contributed by atoms with van der Waals surface area (Å²) in [6.45, 7) is 4.18. The molecule has 2 heterocycles. The molecule has 1 aliphatic heterocycles. The second kappa shape index (κ2) is 6.73. The molecular formula is C17H25N3O2. The number of aromatic nitrogens is 2. The first kappa shape index (κ1) is 15.4. The molecule has 0 atom stereocenters. The van der Waals surface area contributed by atoms with Crippen molar-refractivity contribution in [3.63, 3.8) is 0 Å². The Morgan fingerprint density at radius 2 is 2.05 bits per heavy atom. The van der Waals surface area contributed by atoms with Crippen molar-refractivity contribution in [3.05, 3.63) is 23.3 Å². The number of nitrogens with zero attached hydrogens (tertiary/aromatic N) is 3. The van der Waals surface area contributed by atoms with Crippen molar-refractivity contribution in [2.45, 2.75) is 51.6 Å². The number of rotatable bonds is 5. The van der Waals surface area contributed by atoms with Gasteiger partial charge in [-0.3, -0.25) is 4.79 Å². The lowest BCUT2D eigenvalue weighted by Crippen LogP contribution is -2.38. The Bertz CT molecular complexity index is 535. The minimum Gasteiger partial charge on any atom is -0.380 e. The number of likely N-dealkylation sites (tertiary alicyclic amines) is 1. The van der Waals surface area contributed by atoms with Gasteiger partial charge in [-0.2, -0.15) is 0 Å². The van der Waals surface area contributed by atoms with Gasteiger partial charge in [-0.15, -0.1) is 0 Å². The fourth-order valence-corrected chi connectivity index (χ4v) is 3.23. The van der Waals surface area contributed by atoms with Gasteiger partial charge in [0.25, 0.3) is 0 Å². The highest BCUT2D eigenvalue weighted by Gasteiger charge is 2.30. The minimum atomic E-state index is 0.344. The van der Waals surface area contributed by atoms with Crippen LogP contribution in [0.4, 0.5) is 0 Å². The van der Waals surface area contributed by atoms with E-state index in [2.05, 4.69) is 9.97 Å². The van der Waals surface area contributed by atoms with Crippen LogP contribution >= 0.6 is 0 Å². The summed E-state index contributed by atoms with van der Waals surface area (Å²) in [5.41, 5.74) is 2.19. The van der Waals surface area contributed by atoms with Gasteiger partial charge in [0.2, 0.25) is 5.91 Å². The van der Waals surface area contributed by atoms with E-state index in [0.29, 0.717) is 24.3 Å². The number of aryl methyl sites for hydroxylation is 1. The summed E-state index contributed by atoms with van der Waals surface area (Å²) < 4.78 is 5.26. The Kier molecular flexibility index (Phi) is 4.71. The molecule has 1 saturated carbocycles. The number of hydrogen-bond donors (Lipinski definition) is 0. The summed E-state index contributed by atoms with van der Waals surface area (Å²) in [5.74, 6) is 2.24. The van der Waals surface area contributed by atoms with Crippen molar-refractivity contribution in [2.75, 3.05) is 20.2 Å². The average molecular weight is 303 g/mol. The standard InChI is InChI=1S/C17H25N3O2/c1-12-18-10-15(11-22-2)17(19-12)14-5-7-20(8-6-14)16(21)9-13-3-4-13/h10,13-14H,3-9,11H2,1-2H3. The highest BCUT2D eigenvalue weighted by Crippen LogP contribution is 2.34. The number of hydrogen-bond acceptors (Lipinski definition) is 4. The quantitative estimate of drug-likeness (QED) is 0.838. The van der Waals surface area contributed by atoms with E-state index in [9.17, 15) is 4.79 Å². The molecule has 22 heavy (non-hydrogen) atoms. The monoisotopic (exact) mass is 303 g/mol. The van der Waals surface area contributed by atoms with Crippen molar-refractivity contribution in [1.82, 2.24) is 14.9 Å². The van der Waals surface area contributed by atoms with Gasteiger partial charge in [-0.05, 0) is 38.5 Å². The lowest BCUT2D eigenvalue weighted by molar-refractivity contribution is -0.132. The molecule has 0 radical (unpaired) electrons. The first-order valence-corrected chi connectivity index (χ1v) is 8.26. The summed E-state index contributed by atoms with van der Waals surface area (Å²) >= 11 is 0. The normalized spacial score (nSPS) is 19.5. The molecule has 0 aromatic carbocycles. The number of carbonyl (C=O) groups excluding carboxylic acids is 1. The van der Waals surface area contributed by atoms with E-state index in [0.717, 1.165) is 49.4 Å². The topological polar surface area (TPSA) is 55.3 Å². The van der Waals surface area contributed by atoms with Crippen LogP contribution in [0.15, 0.2) is 6.20 Å². The van der Waals surface area contributed by atoms with Crippen LogP contribution < -0.4 is 0 Å². The molecule has 1 amide bonds. The second-order valence-corrected chi connectivity index (χ2v) is 6.56. The van der Waals surface area contributed by atoms with Crippen LogP contribution in [0.1, 0.15) is 55.1 Å². The largest absolute Gasteiger partial charge is 0.380 e. The number of piperidine rings is 1. The molecule has 1 aromatic rings. The number of carbonyl (C=O) groups is 1. The molecule has 120 valence electrons. The number of ether oxygens (including phenoxy) is 1. The van der Waals surface area contributed by atoms with Gasteiger partial charge in [0.15, 0.2) is 0 Å². The van der Waals surface area contributed by atoms with Crippen LogP contribution in [0.3, 0.4) is 0 Å². The first-order chi connectivity index (χ1) is 10.7. The molecule has 1 aliphatic carbocycles. The fraction of sp³-hybridized carbons (Fsp3) is 0.706. The second-order valence-electron chi connectivity index (χ2n) is 6.56. The van der Waals surface area contributed by atoms with Crippen molar-refractivity contribution < 1.29 is 9.53 Å². The van der Waals surface area contributed by atoms with Crippen molar-refractivity contribution in [1.29, 1.82) is 0 Å². The Morgan fingerprint density at radius 1 is 1.32 bits per heavy atom. The van der Waals surface area contributed by atoms with Crippen molar-refractivity contribution in [2.24, 2.45) is 5.92 Å². The first-order valence-electron chi connectivity index (χ1n) is 8.26. The predicted octanol–water partition coefficient (Wildman–Crippen LogP) is 2.44.